The van der Waals surface area contributed by atoms with Crippen molar-refractivity contribution in [3.8, 4) is 0 Å². The Bertz CT molecular complexity index is 843. The van der Waals surface area contributed by atoms with Crippen LogP contribution in [0.4, 0.5) is 4.39 Å². The predicted molar refractivity (Wildman–Crippen MR) is 82.2 cm³/mol. The molecule has 3 aromatic rings. The van der Waals surface area contributed by atoms with Crippen molar-refractivity contribution < 1.29 is 4.39 Å². The van der Waals surface area contributed by atoms with E-state index < -0.39 is 0 Å². The van der Waals surface area contributed by atoms with Gasteiger partial charge in [-0.1, -0.05) is 6.07 Å². The summed E-state index contributed by atoms with van der Waals surface area (Å²) in [6.45, 7) is 1.93. The van der Waals surface area contributed by atoms with E-state index in [4.69, 9.17) is 0 Å². The van der Waals surface area contributed by atoms with E-state index in [0.29, 0.717) is 11.4 Å². The average molecular weight is 300 g/mol. The van der Waals surface area contributed by atoms with Crippen LogP contribution >= 0.6 is 11.8 Å². The lowest BCUT2D eigenvalue weighted by Crippen LogP contribution is -2.15. The first-order chi connectivity index (χ1) is 10.1. The molecule has 0 saturated carbocycles. The van der Waals surface area contributed by atoms with Crippen LogP contribution in [0.5, 0.6) is 0 Å². The summed E-state index contributed by atoms with van der Waals surface area (Å²) in [5.74, 6) is 0.322. The summed E-state index contributed by atoms with van der Waals surface area (Å²) in [5, 5.41) is 0. The number of pyridine rings is 1. The van der Waals surface area contributed by atoms with E-state index in [1.807, 2.05) is 19.1 Å². The topological polar surface area (TPSA) is 34.4 Å². The Kier molecular flexibility index (Phi) is 3.75. The molecule has 1 aromatic carbocycles. The highest BCUT2D eigenvalue weighted by Crippen LogP contribution is 2.22. The van der Waals surface area contributed by atoms with Crippen molar-refractivity contribution in [1.29, 1.82) is 0 Å². The zero-order valence-electron chi connectivity index (χ0n) is 11.4. The minimum atomic E-state index is -0.253. The zero-order valence-corrected chi connectivity index (χ0v) is 12.2. The SMILES string of the molecule is Cc1cccn2c(=O)cc(CSc3ccc(F)cc3)nc12. The monoisotopic (exact) mass is 300 g/mol. The summed E-state index contributed by atoms with van der Waals surface area (Å²) in [6, 6.07) is 11.6. The Morgan fingerprint density at radius 2 is 2.00 bits per heavy atom. The summed E-state index contributed by atoms with van der Waals surface area (Å²) in [5.41, 5.74) is 2.28. The van der Waals surface area contributed by atoms with Crippen molar-refractivity contribution in [2.75, 3.05) is 0 Å². The van der Waals surface area contributed by atoms with E-state index in [1.165, 1.54) is 23.9 Å². The number of hydrogen-bond acceptors (Lipinski definition) is 3. The molecule has 0 radical (unpaired) electrons. The number of fused-ring (bicyclic) bond motifs is 1. The van der Waals surface area contributed by atoms with Gasteiger partial charge in [-0.05, 0) is 42.8 Å². The summed E-state index contributed by atoms with van der Waals surface area (Å²) in [4.78, 5) is 17.6. The van der Waals surface area contributed by atoms with E-state index >= 15 is 0 Å². The van der Waals surface area contributed by atoms with Crippen molar-refractivity contribution in [3.05, 3.63) is 76.1 Å². The molecule has 3 nitrogen and oxygen atoms in total. The summed E-state index contributed by atoms with van der Waals surface area (Å²) >= 11 is 1.53. The van der Waals surface area contributed by atoms with Crippen LogP contribution in [0.1, 0.15) is 11.3 Å². The maximum Gasteiger partial charge on any atom is 0.258 e. The quantitative estimate of drug-likeness (QED) is 0.695. The minimum Gasteiger partial charge on any atom is -0.269 e. The van der Waals surface area contributed by atoms with Crippen LogP contribution in [0.2, 0.25) is 0 Å². The smallest absolute Gasteiger partial charge is 0.258 e. The normalized spacial score (nSPS) is 11.0. The van der Waals surface area contributed by atoms with Gasteiger partial charge in [0.25, 0.3) is 5.56 Å². The molecule has 0 amide bonds. The molecule has 0 unspecified atom stereocenters. The fourth-order valence-electron chi connectivity index (χ4n) is 2.07. The van der Waals surface area contributed by atoms with Crippen molar-refractivity contribution in [3.63, 3.8) is 0 Å². The van der Waals surface area contributed by atoms with Gasteiger partial charge in [0.2, 0.25) is 0 Å². The Morgan fingerprint density at radius 3 is 2.76 bits per heavy atom. The van der Waals surface area contributed by atoms with Gasteiger partial charge in [-0.2, -0.15) is 0 Å². The average Bonchev–Trinajstić information content (AvgIpc) is 2.48. The van der Waals surface area contributed by atoms with Crippen LogP contribution in [-0.4, -0.2) is 9.38 Å². The van der Waals surface area contributed by atoms with Gasteiger partial charge < -0.3 is 0 Å². The minimum absolute atomic E-state index is 0.0848. The molecular formula is C16H13FN2OS. The highest BCUT2D eigenvalue weighted by Gasteiger charge is 2.05. The van der Waals surface area contributed by atoms with E-state index in [-0.39, 0.29) is 11.4 Å². The van der Waals surface area contributed by atoms with Gasteiger partial charge in [0.15, 0.2) is 0 Å². The zero-order chi connectivity index (χ0) is 14.8. The van der Waals surface area contributed by atoms with Gasteiger partial charge in [-0.3, -0.25) is 9.20 Å². The molecule has 2 aromatic heterocycles. The van der Waals surface area contributed by atoms with E-state index in [2.05, 4.69) is 4.98 Å². The number of hydrogen-bond donors (Lipinski definition) is 0. The van der Waals surface area contributed by atoms with Gasteiger partial charge in [-0.15, -0.1) is 11.8 Å². The molecule has 21 heavy (non-hydrogen) atoms. The Labute approximate surface area is 125 Å². The number of aryl methyl sites for hydroxylation is 1. The number of halogens is 1. The lowest BCUT2D eigenvalue weighted by Gasteiger charge is -2.06. The first-order valence-corrected chi connectivity index (χ1v) is 7.48. The number of nitrogens with zero attached hydrogens (tertiary/aromatic N) is 2. The first kappa shape index (κ1) is 13.8. The third-order valence-corrected chi connectivity index (χ3v) is 4.19. The second kappa shape index (κ2) is 5.69. The van der Waals surface area contributed by atoms with E-state index in [1.54, 1.807) is 28.8 Å². The molecule has 0 aliphatic heterocycles. The highest BCUT2D eigenvalue weighted by molar-refractivity contribution is 7.98. The maximum atomic E-state index is 12.9. The maximum absolute atomic E-state index is 12.9. The van der Waals surface area contributed by atoms with E-state index in [0.717, 1.165) is 16.2 Å². The lowest BCUT2D eigenvalue weighted by molar-refractivity contribution is 0.626. The van der Waals surface area contributed by atoms with Gasteiger partial charge in [0.1, 0.15) is 11.5 Å². The predicted octanol–water partition coefficient (Wildman–Crippen LogP) is 3.43. The number of thioether (sulfide) groups is 1. The van der Waals surface area contributed by atoms with Crippen LogP contribution in [0.3, 0.4) is 0 Å². The van der Waals surface area contributed by atoms with Crippen LogP contribution < -0.4 is 5.56 Å². The van der Waals surface area contributed by atoms with Gasteiger partial charge in [0.05, 0.1) is 5.69 Å². The number of rotatable bonds is 3. The Morgan fingerprint density at radius 1 is 1.24 bits per heavy atom. The third-order valence-electron chi connectivity index (χ3n) is 3.14. The molecule has 0 atom stereocenters. The molecule has 0 saturated heterocycles. The van der Waals surface area contributed by atoms with Crippen molar-refractivity contribution in [2.24, 2.45) is 0 Å². The molecule has 0 N–H and O–H groups in total. The largest absolute Gasteiger partial charge is 0.269 e. The molecule has 106 valence electrons. The molecule has 3 rings (SSSR count). The Balaban J connectivity index is 1.89. The van der Waals surface area contributed by atoms with Gasteiger partial charge in [-0.25, -0.2) is 9.37 Å². The second-order valence-corrected chi connectivity index (χ2v) is 5.76. The molecular weight excluding hydrogens is 287 g/mol. The molecule has 0 aliphatic carbocycles. The van der Waals surface area contributed by atoms with E-state index in [9.17, 15) is 9.18 Å². The van der Waals surface area contributed by atoms with Crippen LogP contribution in [-0.2, 0) is 5.75 Å². The fraction of sp³-hybridized carbons (Fsp3) is 0.125. The molecule has 0 fully saturated rings. The van der Waals surface area contributed by atoms with Gasteiger partial charge in [0, 0.05) is 22.9 Å². The van der Waals surface area contributed by atoms with Crippen molar-refractivity contribution in [1.82, 2.24) is 9.38 Å². The van der Waals surface area contributed by atoms with Crippen LogP contribution in [0.25, 0.3) is 5.65 Å². The molecule has 0 spiro atoms. The summed E-state index contributed by atoms with van der Waals surface area (Å²) < 4.78 is 14.4. The number of benzene rings is 1. The summed E-state index contributed by atoms with van der Waals surface area (Å²) in [6.07, 6.45) is 1.72. The van der Waals surface area contributed by atoms with Crippen molar-refractivity contribution in [2.45, 2.75) is 17.6 Å². The number of aromatic nitrogens is 2. The molecule has 2 heterocycles. The summed E-state index contributed by atoms with van der Waals surface area (Å²) in [7, 11) is 0. The highest BCUT2D eigenvalue weighted by atomic mass is 32.2. The second-order valence-electron chi connectivity index (χ2n) is 4.71. The third kappa shape index (κ3) is 2.97. The van der Waals surface area contributed by atoms with Crippen molar-refractivity contribution >= 4 is 17.4 Å². The van der Waals surface area contributed by atoms with Gasteiger partial charge >= 0.3 is 0 Å². The standard InChI is InChI=1S/C16H13FN2OS/c1-11-3-2-8-19-15(20)9-13(18-16(11)19)10-21-14-6-4-12(17)5-7-14/h2-9H,10H2,1H3. The lowest BCUT2D eigenvalue weighted by atomic mass is 10.3. The first-order valence-electron chi connectivity index (χ1n) is 6.50. The van der Waals surface area contributed by atoms with Crippen LogP contribution in [0.15, 0.2) is 58.4 Å². The molecule has 0 aliphatic rings. The molecule has 0 bridgehead atoms. The Hall–Kier alpha value is -2.14. The fourth-order valence-corrected chi connectivity index (χ4v) is 2.86. The molecule has 5 heteroatoms. The van der Waals surface area contributed by atoms with Crippen LogP contribution in [0, 0.1) is 12.7 Å².